The van der Waals surface area contributed by atoms with E-state index in [1.54, 1.807) is 18.2 Å². The summed E-state index contributed by atoms with van der Waals surface area (Å²) in [5.74, 6) is 0.397. The van der Waals surface area contributed by atoms with Gasteiger partial charge in [-0.1, -0.05) is 23.2 Å². The Kier molecular flexibility index (Phi) is 2.58. The average Bonchev–Trinajstić information content (AvgIpc) is 2.49. The molecule has 0 saturated carbocycles. The highest BCUT2D eigenvalue weighted by molar-refractivity contribution is 6.99. The van der Waals surface area contributed by atoms with Gasteiger partial charge in [-0.2, -0.15) is 8.75 Å². The fraction of sp³-hybridized carbons (Fsp3) is 0. The summed E-state index contributed by atoms with van der Waals surface area (Å²) in [6, 6.07) is 5.16. The lowest BCUT2D eigenvalue weighted by Crippen LogP contribution is -1.88. The fourth-order valence-electron chi connectivity index (χ4n) is 1.09. The van der Waals surface area contributed by atoms with Crippen LogP contribution in [0.15, 0.2) is 18.2 Å². The van der Waals surface area contributed by atoms with Crippen molar-refractivity contribution in [2.24, 2.45) is 0 Å². The maximum atomic E-state index is 5.85. The molecule has 1 heterocycles. The molecule has 0 amide bonds. The van der Waals surface area contributed by atoms with Gasteiger partial charge in [0, 0.05) is 15.6 Å². The summed E-state index contributed by atoms with van der Waals surface area (Å²) in [5.41, 5.74) is 7.03. The van der Waals surface area contributed by atoms with E-state index in [0.717, 1.165) is 17.3 Å². The van der Waals surface area contributed by atoms with Gasteiger partial charge in [0.1, 0.15) is 5.69 Å². The first kappa shape index (κ1) is 9.71. The van der Waals surface area contributed by atoms with Gasteiger partial charge in [0.25, 0.3) is 0 Å². The number of anilines is 1. The molecule has 6 heteroatoms. The second-order valence-electron chi connectivity index (χ2n) is 2.66. The number of aromatic nitrogens is 2. The topological polar surface area (TPSA) is 51.8 Å². The maximum Gasteiger partial charge on any atom is 0.165 e. The Hall–Kier alpha value is -0.840. The van der Waals surface area contributed by atoms with Crippen LogP contribution in [0.4, 0.5) is 5.82 Å². The van der Waals surface area contributed by atoms with Gasteiger partial charge in [-0.15, -0.1) is 0 Å². The third kappa shape index (κ3) is 1.82. The number of hydrogen-bond acceptors (Lipinski definition) is 4. The minimum atomic E-state index is 0.397. The second kappa shape index (κ2) is 3.73. The summed E-state index contributed by atoms with van der Waals surface area (Å²) in [6.07, 6.45) is 0. The van der Waals surface area contributed by atoms with Crippen molar-refractivity contribution in [3.05, 3.63) is 28.2 Å². The van der Waals surface area contributed by atoms with E-state index in [4.69, 9.17) is 28.9 Å². The summed E-state index contributed by atoms with van der Waals surface area (Å²) in [7, 11) is 0. The quantitative estimate of drug-likeness (QED) is 0.841. The van der Waals surface area contributed by atoms with Crippen LogP contribution >= 0.6 is 34.9 Å². The molecule has 72 valence electrons. The molecule has 1 aromatic heterocycles. The zero-order valence-corrected chi connectivity index (χ0v) is 9.20. The third-order valence-corrected chi connectivity index (χ3v) is 2.63. The fourth-order valence-corrected chi connectivity index (χ4v) is 2.11. The summed E-state index contributed by atoms with van der Waals surface area (Å²) < 4.78 is 7.93. The van der Waals surface area contributed by atoms with Crippen LogP contribution in [0.25, 0.3) is 11.3 Å². The van der Waals surface area contributed by atoms with Gasteiger partial charge in [0.05, 0.1) is 11.7 Å². The second-order valence-corrected chi connectivity index (χ2v) is 4.06. The zero-order valence-electron chi connectivity index (χ0n) is 6.87. The Morgan fingerprint density at radius 3 is 2.21 bits per heavy atom. The maximum absolute atomic E-state index is 5.85. The highest BCUT2D eigenvalue weighted by atomic mass is 35.5. The van der Waals surface area contributed by atoms with Gasteiger partial charge >= 0.3 is 0 Å². The van der Waals surface area contributed by atoms with Crippen LogP contribution in [-0.4, -0.2) is 8.75 Å². The Labute approximate surface area is 94.8 Å². The number of hydrogen-bond donors (Lipinski definition) is 1. The first-order valence-corrected chi connectivity index (χ1v) is 5.20. The van der Waals surface area contributed by atoms with Crippen molar-refractivity contribution in [3.8, 4) is 11.3 Å². The Balaban J connectivity index is 2.57. The number of nitrogen functional groups attached to an aromatic ring is 1. The molecule has 0 aliphatic rings. The van der Waals surface area contributed by atoms with Crippen LogP contribution in [-0.2, 0) is 0 Å². The largest absolute Gasteiger partial charge is 0.381 e. The van der Waals surface area contributed by atoms with E-state index in [2.05, 4.69) is 8.75 Å². The lowest BCUT2D eigenvalue weighted by Gasteiger charge is -1.99. The molecule has 1 aromatic carbocycles. The monoisotopic (exact) mass is 245 g/mol. The molecule has 0 bridgehead atoms. The molecule has 2 aromatic rings. The standard InChI is InChI=1S/C8H5Cl2N3S/c9-5-1-4(2-6(10)3-5)7-8(11)13-14-12-7/h1-3H,(H2,11,13). The number of halogens is 2. The molecule has 0 saturated heterocycles. The predicted molar refractivity (Wildman–Crippen MR) is 59.8 cm³/mol. The van der Waals surface area contributed by atoms with Crippen LogP contribution < -0.4 is 5.73 Å². The predicted octanol–water partition coefficient (Wildman–Crippen LogP) is 3.09. The minimum Gasteiger partial charge on any atom is -0.381 e. The molecule has 3 nitrogen and oxygen atoms in total. The molecule has 0 aliphatic carbocycles. The molecule has 0 fully saturated rings. The molecule has 0 aliphatic heterocycles. The van der Waals surface area contributed by atoms with Crippen LogP contribution in [0, 0.1) is 0 Å². The highest BCUT2D eigenvalue weighted by Crippen LogP contribution is 2.29. The molecule has 0 unspecified atom stereocenters. The molecule has 0 atom stereocenters. The Bertz CT molecular complexity index is 449. The molecule has 14 heavy (non-hydrogen) atoms. The number of nitrogens with two attached hydrogens (primary N) is 1. The smallest absolute Gasteiger partial charge is 0.165 e. The van der Waals surface area contributed by atoms with Crippen molar-refractivity contribution in [2.75, 3.05) is 5.73 Å². The van der Waals surface area contributed by atoms with Gasteiger partial charge in [-0.05, 0) is 18.2 Å². The SMILES string of the molecule is Nc1nsnc1-c1cc(Cl)cc(Cl)c1. The highest BCUT2D eigenvalue weighted by Gasteiger charge is 2.08. The van der Waals surface area contributed by atoms with E-state index in [1.165, 1.54) is 0 Å². The van der Waals surface area contributed by atoms with Crippen LogP contribution in [0.1, 0.15) is 0 Å². The van der Waals surface area contributed by atoms with E-state index in [-0.39, 0.29) is 0 Å². The van der Waals surface area contributed by atoms with Crippen LogP contribution in [0.2, 0.25) is 10.0 Å². The van der Waals surface area contributed by atoms with E-state index in [1.807, 2.05) is 0 Å². The van der Waals surface area contributed by atoms with Gasteiger partial charge in [-0.25, -0.2) is 0 Å². The number of rotatable bonds is 1. The molecule has 2 N–H and O–H groups in total. The van der Waals surface area contributed by atoms with Crippen LogP contribution in [0.3, 0.4) is 0 Å². The Morgan fingerprint density at radius 2 is 1.71 bits per heavy atom. The Morgan fingerprint density at radius 1 is 1.07 bits per heavy atom. The van der Waals surface area contributed by atoms with Crippen molar-refractivity contribution >= 4 is 40.7 Å². The normalized spacial score (nSPS) is 10.4. The third-order valence-electron chi connectivity index (χ3n) is 1.65. The van der Waals surface area contributed by atoms with Gasteiger partial charge in [0.15, 0.2) is 5.82 Å². The summed E-state index contributed by atoms with van der Waals surface area (Å²) in [5, 5.41) is 1.11. The van der Waals surface area contributed by atoms with Crippen molar-refractivity contribution < 1.29 is 0 Å². The van der Waals surface area contributed by atoms with Gasteiger partial charge in [0.2, 0.25) is 0 Å². The molecule has 0 spiro atoms. The van der Waals surface area contributed by atoms with E-state index in [0.29, 0.717) is 21.6 Å². The molecule has 2 rings (SSSR count). The van der Waals surface area contributed by atoms with E-state index in [9.17, 15) is 0 Å². The van der Waals surface area contributed by atoms with Gasteiger partial charge in [-0.3, -0.25) is 0 Å². The zero-order chi connectivity index (χ0) is 10.1. The van der Waals surface area contributed by atoms with Crippen LogP contribution in [0.5, 0.6) is 0 Å². The average molecular weight is 246 g/mol. The molecular formula is C8H5Cl2N3S. The number of benzene rings is 1. The van der Waals surface area contributed by atoms with Gasteiger partial charge < -0.3 is 5.73 Å². The van der Waals surface area contributed by atoms with Crippen molar-refractivity contribution in [1.29, 1.82) is 0 Å². The first-order chi connectivity index (χ1) is 6.66. The molecule has 0 radical (unpaired) electrons. The first-order valence-electron chi connectivity index (χ1n) is 3.71. The summed E-state index contributed by atoms with van der Waals surface area (Å²) >= 11 is 12.8. The van der Waals surface area contributed by atoms with Crippen molar-refractivity contribution in [3.63, 3.8) is 0 Å². The van der Waals surface area contributed by atoms with Crippen molar-refractivity contribution in [1.82, 2.24) is 8.75 Å². The lowest BCUT2D eigenvalue weighted by molar-refractivity contribution is 1.49. The molecular weight excluding hydrogens is 241 g/mol. The lowest BCUT2D eigenvalue weighted by atomic mass is 10.1. The van der Waals surface area contributed by atoms with Crippen molar-refractivity contribution in [2.45, 2.75) is 0 Å². The van der Waals surface area contributed by atoms with E-state index >= 15 is 0 Å². The number of nitrogens with zero attached hydrogens (tertiary/aromatic N) is 2. The minimum absolute atomic E-state index is 0.397. The summed E-state index contributed by atoms with van der Waals surface area (Å²) in [4.78, 5) is 0. The van der Waals surface area contributed by atoms with E-state index < -0.39 is 0 Å². The summed E-state index contributed by atoms with van der Waals surface area (Å²) in [6.45, 7) is 0.